The van der Waals surface area contributed by atoms with Crippen LogP contribution >= 0.6 is 11.6 Å². The Kier molecular flexibility index (Phi) is 2.81. The third kappa shape index (κ3) is 3.05. The molecule has 1 saturated carbocycles. The number of aromatic nitrogens is 1. The second kappa shape index (κ2) is 3.96. The monoisotopic (exact) mass is 247 g/mol. The Bertz CT molecular complexity index is 459. The van der Waals surface area contributed by atoms with Crippen molar-refractivity contribution in [3.05, 3.63) is 23.5 Å². The van der Waals surface area contributed by atoms with Gasteiger partial charge >= 0.3 is 0 Å². The molecule has 1 aliphatic rings. The fourth-order valence-electron chi connectivity index (χ4n) is 1.06. The number of nitrogens with zero attached hydrogens (tertiary/aromatic N) is 1. The molecule has 0 amide bonds. The molecular formula is C8H10ClN3O2S. The SMILES string of the molecule is O=S(=O)(Nc1cccnc1Cl)NC1CC1. The minimum atomic E-state index is -3.52. The standard InChI is InChI=1S/C8H10ClN3O2S/c9-8-7(2-1-5-10-8)12-15(13,14)11-6-3-4-6/h1-2,5-6,11-12H,3-4H2. The molecule has 0 saturated heterocycles. The first-order valence-corrected chi connectivity index (χ1v) is 6.33. The summed E-state index contributed by atoms with van der Waals surface area (Å²) in [7, 11) is -3.52. The summed E-state index contributed by atoms with van der Waals surface area (Å²) in [5, 5.41) is 0.138. The van der Waals surface area contributed by atoms with Crippen LogP contribution in [0.2, 0.25) is 5.15 Å². The van der Waals surface area contributed by atoms with Crippen LogP contribution in [0.4, 0.5) is 5.69 Å². The molecule has 2 rings (SSSR count). The molecule has 1 fully saturated rings. The molecule has 1 heterocycles. The normalized spacial score (nSPS) is 16.3. The quantitative estimate of drug-likeness (QED) is 0.784. The van der Waals surface area contributed by atoms with Crippen molar-refractivity contribution in [1.29, 1.82) is 0 Å². The van der Waals surface area contributed by atoms with Crippen LogP contribution in [0.1, 0.15) is 12.8 Å². The maximum atomic E-state index is 11.5. The Morgan fingerprint density at radius 1 is 1.47 bits per heavy atom. The first kappa shape index (κ1) is 10.7. The minimum Gasteiger partial charge on any atom is -0.268 e. The maximum absolute atomic E-state index is 11.5. The van der Waals surface area contributed by atoms with E-state index in [9.17, 15) is 8.42 Å². The van der Waals surface area contributed by atoms with Gasteiger partial charge in [0.25, 0.3) is 10.2 Å². The molecule has 7 heteroatoms. The lowest BCUT2D eigenvalue weighted by Crippen LogP contribution is -2.31. The van der Waals surface area contributed by atoms with Crippen LogP contribution in [-0.4, -0.2) is 19.4 Å². The molecular weight excluding hydrogens is 238 g/mol. The molecule has 0 unspecified atom stereocenters. The van der Waals surface area contributed by atoms with Crippen LogP contribution < -0.4 is 9.44 Å². The van der Waals surface area contributed by atoms with E-state index in [4.69, 9.17) is 11.6 Å². The van der Waals surface area contributed by atoms with E-state index < -0.39 is 10.2 Å². The highest BCUT2D eigenvalue weighted by Crippen LogP contribution is 2.22. The summed E-state index contributed by atoms with van der Waals surface area (Å²) >= 11 is 5.72. The zero-order valence-electron chi connectivity index (χ0n) is 7.77. The van der Waals surface area contributed by atoms with E-state index in [2.05, 4.69) is 14.4 Å². The van der Waals surface area contributed by atoms with Crippen molar-refractivity contribution in [2.75, 3.05) is 4.72 Å². The van der Waals surface area contributed by atoms with Crippen LogP contribution in [0.5, 0.6) is 0 Å². The van der Waals surface area contributed by atoms with E-state index in [1.165, 1.54) is 6.20 Å². The largest absolute Gasteiger partial charge is 0.299 e. The van der Waals surface area contributed by atoms with E-state index >= 15 is 0 Å². The van der Waals surface area contributed by atoms with Crippen molar-refractivity contribution in [1.82, 2.24) is 9.71 Å². The van der Waals surface area contributed by atoms with Crippen molar-refractivity contribution >= 4 is 27.5 Å². The lowest BCUT2D eigenvalue weighted by Gasteiger charge is -2.08. The first-order chi connectivity index (χ1) is 7.07. The highest BCUT2D eigenvalue weighted by Gasteiger charge is 2.27. The Hall–Kier alpha value is -0.850. The fourth-order valence-corrected chi connectivity index (χ4v) is 2.47. The Morgan fingerprint density at radius 2 is 2.20 bits per heavy atom. The molecule has 1 aromatic heterocycles. The van der Waals surface area contributed by atoms with E-state index in [-0.39, 0.29) is 16.9 Å². The third-order valence-electron chi connectivity index (χ3n) is 1.90. The van der Waals surface area contributed by atoms with Crippen molar-refractivity contribution < 1.29 is 8.42 Å². The number of hydrogen-bond acceptors (Lipinski definition) is 3. The Balaban J connectivity index is 2.10. The van der Waals surface area contributed by atoms with Gasteiger partial charge in [-0.2, -0.15) is 13.1 Å². The van der Waals surface area contributed by atoms with Crippen molar-refractivity contribution in [3.8, 4) is 0 Å². The van der Waals surface area contributed by atoms with Gasteiger partial charge in [0.05, 0.1) is 5.69 Å². The van der Waals surface area contributed by atoms with E-state index in [0.717, 1.165) is 12.8 Å². The summed E-state index contributed by atoms with van der Waals surface area (Å²) in [6.45, 7) is 0. The lowest BCUT2D eigenvalue weighted by atomic mass is 10.4. The molecule has 0 bridgehead atoms. The average molecular weight is 248 g/mol. The predicted octanol–water partition coefficient (Wildman–Crippen LogP) is 1.14. The van der Waals surface area contributed by atoms with E-state index in [0.29, 0.717) is 0 Å². The summed E-state index contributed by atoms with van der Waals surface area (Å²) in [5.41, 5.74) is 0.285. The smallest absolute Gasteiger partial charge is 0.268 e. The minimum absolute atomic E-state index is 0.0675. The van der Waals surface area contributed by atoms with Crippen LogP contribution in [0.3, 0.4) is 0 Å². The van der Waals surface area contributed by atoms with Crippen molar-refractivity contribution in [2.24, 2.45) is 0 Å². The highest BCUT2D eigenvalue weighted by atomic mass is 35.5. The van der Waals surface area contributed by atoms with E-state index in [1.54, 1.807) is 12.1 Å². The topological polar surface area (TPSA) is 71.1 Å². The van der Waals surface area contributed by atoms with Gasteiger partial charge in [-0.15, -0.1) is 0 Å². The first-order valence-electron chi connectivity index (χ1n) is 4.47. The molecule has 0 radical (unpaired) electrons. The van der Waals surface area contributed by atoms with Gasteiger partial charge in [-0.05, 0) is 25.0 Å². The molecule has 0 spiro atoms. The fraction of sp³-hybridized carbons (Fsp3) is 0.375. The molecule has 0 aliphatic heterocycles. The summed E-state index contributed by atoms with van der Waals surface area (Å²) < 4.78 is 27.8. The number of rotatable bonds is 4. The highest BCUT2D eigenvalue weighted by molar-refractivity contribution is 7.90. The molecule has 2 N–H and O–H groups in total. The van der Waals surface area contributed by atoms with Crippen LogP contribution in [0.15, 0.2) is 18.3 Å². The molecule has 5 nitrogen and oxygen atoms in total. The second-order valence-corrected chi connectivity index (χ2v) is 5.14. The molecule has 0 aromatic carbocycles. The van der Waals surface area contributed by atoms with Gasteiger partial charge in [0.2, 0.25) is 0 Å². The number of hydrogen-bond donors (Lipinski definition) is 2. The average Bonchev–Trinajstić information content (AvgIpc) is 2.91. The zero-order valence-corrected chi connectivity index (χ0v) is 9.35. The van der Waals surface area contributed by atoms with Crippen LogP contribution in [-0.2, 0) is 10.2 Å². The number of halogens is 1. The Morgan fingerprint density at radius 3 is 2.80 bits per heavy atom. The van der Waals surface area contributed by atoms with Gasteiger partial charge in [0.15, 0.2) is 5.15 Å². The summed E-state index contributed by atoms with van der Waals surface area (Å²) in [5.74, 6) is 0. The molecule has 0 atom stereocenters. The van der Waals surface area contributed by atoms with Crippen LogP contribution in [0.25, 0.3) is 0 Å². The van der Waals surface area contributed by atoms with Gasteiger partial charge in [0, 0.05) is 12.2 Å². The zero-order chi connectivity index (χ0) is 10.9. The molecule has 15 heavy (non-hydrogen) atoms. The lowest BCUT2D eigenvalue weighted by molar-refractivity contribution is 0.586. The maximum Gasteiger partial charge on any atom is 0.299 e. The van der Waals surface area contributed by atoms with Gasteiger partial charge in [-0.1, -0.05) is 11.6 Å². The van der Waals surface area contributed by atoms with Crippen LogP contribution in [0, 0.1) is 0 Å². The molecule has 1 aromatic rings. The van der Waals surface area contributed by atoms with Gasteiger partial charge < -0.3 is 0 Å². The van der Waals surface area contributed by atoms with Crippen molar-refractivity contribution in [3.63, 3.8) is 0 Å². The summed E-state index contributed by atoms with van der Waals surface area (Å²) in [6, 6.07) is 3.24. The van der Waals surface area contributed by atoms with Gasteiger partial charge in [0.1, 0.15) is 0 Å². The third-order valence-corrected chi connectivity index (χ3v) is 3.34. The Labute approximate surface area is 93.0 Å². The molecule has 82 valence electrons. The second-order valence-electron chi connectivity index (χ2n) is 3.34. The van der Waals surface area contributed by atoms with E-state index in [1.807, 2.05) is 0 Å². The molecule has 1 aliphatic carbocycles. The summed E-state index contributed by atoms with van der Waals surface area (Å²) in [4.78, 5) is 3.77. The van der Waals surface area contributed by atoms with Crippen molar-refractivity contribution in [2.45, 2.75) is 18.9 Å². The van der Waals surface area contributed by atoms with Gasteiger partial charge in [-0.3, -0.25) is 4.72 Å². The number of nitrogens with one attached hydrogen (secondary N) is 2. The number of pyridine rings is 1. The van der Waals surface area contributed by atoms with Gasteiger partial charge in [-0.25, -0.2) is 4.98 Å². The predicted molar refractivity (Wildman–Crippen MR) is 57.9 cm³/mol. The number of anilines is 1. The summed E-state index contributed by atoms with van der Waals surface area (Å²) in [6.07, 6.45) is 3.28.